The number of rotatable bonds is 9. The Kier molecular flexibility index (Phi) is 7.86. The van der Waals surface area contributed by atoms with E-state index in [2.05, 4.69) is 44.8 Å². The van der Waals surface area contributed by atoms with Gasteiger partial charge in [0.1, 0.15) is 18.2 Å². The molecule has 8 nitrogen and oxygen atoms in total. The highest BCUT2D eigenvalue weighted by molar-refractivity contribution is 5.79. The maximum absolute atomic E-state index is 5.71. The zero-order valence-corrected chi connectivity index (χ0v) is 17.6. The van der Waals surface area contributed by atoms with E-state index in [1.165, 1.54) is 5.56 Å². The van der Waals surface area contributed by atoms with Crippen molar-refractivity contribution in [1.29, 1.82) is 0 Å². The summed E-state index contributed by atoms with van der Waals surface area (Å²) in [4.78, 5) is 8.89. The number of ether oxygens (including phenoxy) is 2. The van der Waals surface area contributed by atoms with Crippen molar-refractivity contribution in [2.24, 2.45) is 4.99 Å². The first-order chi connectivity index (χ1) is 14.2. The van der Waals surface area contributed by atoms with Crippen molar-refractivity contribution in [3.8, 4) is 5.75 Å². The normalized spacial score (nSPS) is 16.4. The molecule has 1 aliphatic rings. The molecule has 0 saturated heterocycles. The molecule has 1 unspecified atom stereocenters. The molecule has 1 aromatic heterocycles. The Labute approximate surface area is 172 Å². The topological polar surface area (TPSA) is 85.6 Å². The van der Waals surface area contributed by atoms with E-state index in [1.54, 1.807) is 14.2 Å². The molecule has 0 amide bonds. The maximum Gasteiger partial charge on any atom is 0.191 e. The van der Waals surface area contributed by atoms with Gasteiger partial charge in [-0.25, -0.2) is 9.67 Å². The van der Waals surface area contributed by atoms with Crippen LogP contribution in [0.15, 0.2) is 29.3 Å². The number of hydrogen-bond acceptors (Lipinski definition) is 5. The van der Waals surface area contributed by atoms with Crippen LogP contribution in [0, 0.1) is 0 Å². The fourth-order valence-corrected chi connectivity index (χ4v) is 3.39. The van der Waals surface area contributed by atoms with Crippen molar-refractivity contribution in [2.45, 2.75) is 51.8 Å². The van der Waals surface area contributed by atoms with E-state index in [0.717, 1.165) is 68.7 Å². The summed E-state index contributed by atoms with van der Waals surface area (Å²) >= 11 is 0. The molecule has 8 heteroatoms. The number of aromatic nitrogens is 3. The van der Waals surface area contributed by atoms with Gasteiger partial charge in [-0.3, -0.25) is 4.99 Å². The predicted molar refractivity (Wildman–Crippen MR) is 113 cm³/mol. The second-order valence-corrected chi connectivity index (χ2v) is 7.18. The van der Waals surface area contributed by atoms with Crippen LogP contribution in [0.4, 0.5) is 0 Å². The molecule has 1 aromatic carbocycles. The molecule has 2 N–H and O–H groups in total. The lowest BCUT2D eigenvalue weighted by molar-refractivity contribution is 0.177. The van der Waals surface area contributed by atoms with E-state index in [-0.39, 0.29) is 6.04 Å². The Morgan fingerprint density at radius 1 is 1.38 bits per heavy atom. The highest BCUT2D eigenvalue weighted by Crippen LogP contribution is 2.15. The van der Waals surface area contributed by atoms with Gasteiger partial charge >= 0.3 is 0 Å². The summed E-state index contributed by atoms with van der Waals surface area (Å²) in [6, 6.07) is 8.56. The Hall–Kier alpha value is -2.61. The molecule has 3 rings (SSSR count). The van der Waals surface area contributed by atoms with Crippen molar-refractivity contribution in [1.82, 2.24) is 25.4 Å². The molecule has 0 aliphatic carbocycles. The summed E-state index contributed by atoms with van der Waals surface area (Å²) < 4.78 is 12.8. The van der Waals surface area contributed by atoms with Crippen LogP contribution in [0.25, 0.3) is 0 Å². The molecule has 0 bridgehead atoms. The second-order valence-electron chi connectivity index (χ2n) is 7.18. The van der Waals surface area contributed by atoms with Gasteiger partial charge in [0, 0.05) is 33.2 Å². The van der Waals surface area contributed by atoms with Crippen LogP contribution in [-0.4, -0.2) is 54.1 Å². The number of fused-ring (bicyclic) bond motifs is 1. The third-order valence-electron chi connectivity index (χ3n) is 4.82. The molecule has 158 valence electrons. The lowest BCUT2D eigenvalue weighted by Crippen LogP contribution is -2.47. The molecule has 0 saturated carbocycles. The van der Waals surface area contributed by atoms with Crippen LogP contribution in [0.1, 0.15) is 37.0 Å². The number of aryl methyl sites for hydroxylation is 1. The van der Waals surface area contributed by atoms with Crippen LogP contribution in [0.2, 0.25) is 0 Å². The molecule has 2 aromatic rings. The summed E-state index contributed by atoms with van der Waals surface area (Å²) in [5.41, 5.74) is 1.25. The van der Waals surface area contributed by atoms with Crippen molar-refractivity contribution >= 4 is 5.96 Å². The minimum atomic E-state index is 0.275. The fourth-order valence-electron chi connectivity index (χ4n) is 3.39. The summed E-state index contributed by atoms with van der Waals surface area (Å²) in [5.74, 6) is 3.53. The summed E-state index contributed by atoms with van der Waals surface area (Å²) in [6.07, 6.45) is 3.82. The highest BCUT2D eigenvalue weighted by Gasteiger charge is 2.22. The van der Waals surface area contributed by atoms with Crippen molar-refractivity contribution in [3.05, 3.63) is 41.5 Å². The number of hydrogen-bond donors (Lipinski definition) is 2. The molecular formula is C21H32N6O2. The first kappa shape index (κ1) is 21.1. The number of aliphatic imine (C=N–C) groups is 1. The summed E-state index contributed by atoms with van der Waals surface area (Å²) in [7, 11) is 3.46. The van der Waals surface area contributed by atoms with E-state index in [1.807, 2.05) is 16.8 Å². The largest absolute Gasteiger partial charge is 0.494 e. The van der Waals surface area contributed by atoms with Gasteiger partial charge in [0.05, 0.1) is 13.2 Å². The van der Waals surface area contributed by atoms with Gasteiger partial charge in [-0.15, -0.1) is 0 Å². The molecule has 0 radical (unpaired) electrons. The average Bonchev–Trinajstić information content (AvgIpc) is 3.13. The van der Waals surface area contributed by atoms with Gasteiger partial charge in [-0.1, -0.05) is 19.1 Å². The molecular weight excluding hydrogens is 368 g/mol. The molecule has 1 atom stereocenters. The maximum atomic E-state index is 5.71. The summed E-state index contributed by atoms with van der Waals surface area (Å²) in [6.45, 7) is 4.90. The number of nitrogens with zero attached hydrogens (tertiary/aromatic N) is 4. The van der Waals surface area contributed by atoms with Crippen LogP contribution >= 0.6 is 0 Å². The molecule has 0 fully saturated rings. The van der Waals surface area contributed by atoms with E-state index >= 15 is 0 Å². The fraction of sp³-hybridized carbons (Fsp3) is 0.571. The van der Waals surface area contributed by atoms with Crippen LogP contribution < -0.4 is 15.4 Å². The average molecular weight is 401 g/mol. The molecule has 1 aliphatic heterocycles. The Morgan fingerprint density at radius 3 is 3.07 bits per heavy atom. The van der Waals surface area contributed by atoms with Crippen molar-refractivity contribution in [3.63, 3.8) is 0 Å². The monoisotopic (exact) mass is 400 g/mol. The Balaban J connectivity index is 1.46. The lowest BCUT2D eigenvalue weighted by Gasteiger charge is -2.25. The van der Waals surface area contributed by atoms with Crippen LogP contribution in [0.3, 0.4) is 0 Å². The lowest BCUT2D eigenvalue weighted by atomic mass is 10.1. The van der Waals surface area contributed by atoms with Gasteiger partial charge in [0.2, 0.25) is 0 Å². The third-order valence-corrected chi connectivity index (χ3v) is 4.82. The SMILES string of the molecule is CCCOc1cccc(CCNC(=NC)NC2CCc3nc(COC)nn3C2)c1. The van der Waals surface area contributed by atoms with Crippen molar-refractivity contribution < 1.29 is 9.47 Å². The minimum Gasteiger partial charge on any atom is -0.494 e. The van der Waals surface area contributed by atoms with Crippen LogP contribution in [-0.2, 0) is 30.7 Å². The van der Waals surface area contributed by atoms with Crippen molar-refractivity contribution in [2.75, 3.05) is 27.3 Å². The number of benzene rings is 1. The molecule has 29 heavy (non-hydrogen) atoms. The van der Waals surface area contributed by atoms with E-state index < -0.39 is 0 Å². The molecule has 2 heterocycles. The zero-order valence-electron chi connectivity index (χ0n) is 17.6. The van der Waals surface area contributed by atoms with Gasteiger partial charge in [0.15, 0.2) is 11.8 Å². The van der Waals surface area contributed by atoms with Gasteiger partial charge in [-0.05, 0) is 37.0 Å². The standard InChI is InChI=1S/C21H32N6O2/c1-4-12-29-18-7-5-6-16(13-18)10-11-23-21(22-2)24-17-8-9-20-25-19(15-28-3)26-27(20)14-17/h5-7,13,17H,4,8-12,14-15H2,1-3H3,(H2,22,23,24). The third kappa shape index (κ3) is 6.19. The zero-order chi connectivity index (χ0) is 20.5. The van der Waals surface area contributed by atoms with Gasteiger partial charge < -0.3 is 20.1 Å². The van der Waals surface area contributed by atoms with Crippen LogP contribution in [0.5, 0.6) is 5.75 Å². The smallest absolute Gasteiger partial charge is 0.191 e. The number of methoxy groups -OCH3 is 1. The minimum absolute atomic E-state index is 0.275. The highest BCUT2D eigenvalue weighted by atomic mass is 16.5. The number of nitrogens with one attached hydrogen (secondary N) is 2. The Morgan fingerprint density at radius 2 is 2.28 bits per heavy atom. The van der Waals surface area contributed by atoms with Gasteiger partial charge in [0.25, 0.3) is 0 Å². The van der Waals surface area contributed by atoms with E-state index in [9.17, 15) is 0 Å². The van der Waals surface area contributed by atoms with E-state index in [0.29, 0.717) is 6.61 Å². The first-order valence-electron chi connectivity index (χ1n) is 10.3. The summed E-state index contributed by atoms with van der Waals surface area (Å²) in [5, 5.41) is 11.4. The van der Waals surface area contributed by atoms with E-state index in [4.69, 9.17) is 9.47 Å². The first-order valence-corrected chi connectivity index (χ1v) is 10.3. The number of guanidine groups is 1. The van der Waals surface area contributed by atoms with Gasteiger partial charge in [-0.2, -0.15) is 5.10 Å². The predicted octanol–water partition coefficient (Wildman–Crippen LogP) is 1.94. The molecule has 0 spiro atoms. The Bertz CT molecular complexity index is 804. The quantitative estimate of drug-likeness (QED) is 0.494. The second kappa shape index (κ2) is 10.8.